The lowest BCUT2D eigenvalue weighted by Crippen LogP contribution is -2.15. The third kappa shape index (κ3) is 4.63. The van der Waals surface area contributed by atoms with Crippen LogP contribution < -0.4 is 9.47 Å². The summed E-state index contributed by atoms with van der Waals surface area (Å²) in [5.74, 6) is 1.46. The summed E-state index contributed by atoms with van der Waals surface area (Å²) in [6.07, 6.45) is 0.962. The van der Waals surface area contributed by atoms with Crippen molar-refractivity contribution in [2.75, 3.05) is 34.4 Å². The van der Waals surface area contributed by atoms with Crippen molar-refractivity contribution >= 4 is 0 Å². The quantitative estimate of drug-likeness (QED) is 0.732. The minimum atomic E-state index is -0.0415. The van der Waals surface area contributed by atoms with E-state index in [1.54, 1.807) is 13.2 Å². The molecule has 0 atom stereocenters. The van der Waals surface area contributed by atoms with E-state index in [0.29, 0.717) is 6.61 Å². The van der Waals surface area contributed by atoms with Gasteiger partial charge in [-0.05, 0) is 38.7 Å². The molecular weight excluding hydrogens is 218 g/mol. The summed E-state index contributed by atoms with van der Waals surface area (Å²) in [7, 11) is 5.67. The summed E-state index contributed by atoms with van der Waals surface area (Å²) in [5.41, 5.74) is 0.759. The van der Waals surface area contributed by atoms with Gasteiger partial charge in [0.15, 0.2) is 0 Å². The molecule has 1 aromatic rings. The second-order valence-electron chi connectivity index (χ2n) is 4.14. The lowest BCUT2D eigenvalue weighted by molar-refractivity contribution is 0.252. The molecule has 1 N–H and O–H groups in total. The SMILES string of the molecule is COc1ccc(OCCCN(C)C)c(CO)c1. The van der Waals surface area contributed by atoms with Crippen molar-refractivity contribution in [1.29, 1.82) is 0 Å². The summed E-state index contributed by atoms with van der Waals surface area (Å²) < 4.78 is 10.7. The zero-order valence-electron chi connectivity index (χ0n) is 10.8. The van der Waals surface area contributed by atoms with Gasteiger partial charge in [0, 0.05) is 12.1 Å². The molecule has 0 spiro atoms. The zero-order chi connectivity index (χ0) is 12.7. The predicted octanol–water partition coefficient (Wildman–Crippen LogP) is 1.52. The van der Waals surface area contributed by atoms with Crippen LogP contribution in [0.5, 0.6) is 11.5 Å². The molecule has 1 aromatic carbocycles. The van der Waals surface area contributed by atoms with Gasteiger partial charge in [0.2, 0.25) is 0 Å². The predicted molar refractivity (Wildman–Crippen MR) is 67.6 cm³/mol. The monoisotopic (exact) mass is 239 g/mol. The Labute approximate surface area is 103 Å². The summed E-state index contributed by atoms with van der Waals surface area (Å²) in [6.45, 7) is 1.60. The highest BCUT2D eigenvalue weighted by molar-refractivity contribution is 5.39. The molecule has 0 fully saturated rings. The van der Waals surface area contributed by atoms with Crippen molar-refractivity contribution in [2.24, 2.45) is 0 Å². The molecule has 0 saturated heterocycles. The Bertz CT molecular complexity index is 339. The van der Waals surface area contributed by atoms with Crippen LogP contribution in [0.3, 0.4) is 0 Å². The van der Waals surface area contributed by atoms with E-state index >= 15 is 0 Å². The van der Waals surface area contributed by atoms with E-state index in [4.69, 9.17) is 9.47 Å². The van der Waals surface area contributed by atoms with E-state index in [1.807, 2.05) is 26.2 Å². The van der Waals surface area contributed by atoms with Gasteiger partial charge in [-0.15, -0.1) is 0 Å². The number of hydrogen-bond donors (Lipinski definition) is 1. The number of rotatable bonds is 7. The molecule has 0 aliphatic heterocycles. The first-order valence-corrected chi connectivity index (χ1v) is 5.72. The Kier molecular flexibility index (Phi) is 5.80. The van der Waals surface area contributed by atoms with Crippen LogP contribution in [0, 0.1) is 0 Å². The molecule has 0 unspecified atom stereocenters. The topological polar surface area (TPSA) is 41.9 Å². The van der Waals surface area contributed by atoms with Gasteiger partial charge in [-0.1, -0.05) is 0 Å². The van der Waals surface area contributed by atoms with Crippen LogP contribution in [0.15, 0.2) is 18.2 Å². The molecule has 0 saturated carbocycles. The molecular formula is C13H21NO3. The Morgan fingerprint density at radius 2 is 2.06 bits per heavy atom. The van der Waals surface area contributed by atoms with E-state index in [1.165, 1.54) is 0 Å². The first-order valence-electron chi connectivity index (χ1n) is 5.72. The molecule has 0 heterocycles. The van der Waals surface area contributed by atoms with Gasteiger partial charge in [-0.3, -0.25) is 0 Å². The second kappa shape index (κ2) is 7.14. The number of hydrogen-bond acceptors (Lipinski definition) is 4. The van der Waals surface area contributed by atoms with Gasteiger partial charge in [0.05, 0.1) is 20.3 Å². The fourth-order valence-corrected chi connectivity index (χ4v) is 1.51. The molecule has 0 aromatic heterocycles. The standard InChI is InChI=1S/C13H21NO3/c1-14(2)7-4-8-17-13-6-5-12(16-3)9-11(13)10-15/h5-6,9,15H,4,7-8,10H2,1-3H3. The number of aliphatic hydroxyl groups is 1. The fraction of sp³-hybridized carbons (Fsp3) is 0.538. The third-order valence-electron chi connectivity index (χ3n) is 2.45. The van der Waals surface area contributed by atoms with Crippen LogP contribution in [0.2, 0.25) is 0 Å². The van der Waals surface area contributed by atoms with Crippen molar-refractivity contribution in [2.45, 2.75) is 13.0 Å². The van der Waals surface area contributed by atoms with Crippen LogP contribution in [-0.2, 0) is 6.61 Å². The number of aliphatic hydroxyl groups excluding tert-OH is 1. The van der Waals surface area contributed by atoms with Gasteiger partial charge < -0.3 is 19.5 Å². The van der Waals surface area contributed by atoms with Crippen molar-refractivity contribution < 1.29 is 14.6 Å². The van der Waals surface area contributed by atoms with Gasteiger partial charge in [-0.2, -0.15) is 0 Å². The largest absolute Gasteiger partial charge is 0.497 e. The van der Waals surface area contributed by atoms with Gasteiger partial charge in [-0.25, -0.2) is 0 Å². The summed E-state index contributed by atoms with van der Waals surface area (Å²) >= 11 is 0. The highest BCUT2D eigenvalue weighted by Gasteiger charge is 2.04. The minimum Gasteiger partial charge on any atom is -0.497 e. The lowest BCUT2D eigenvalue weighted by atomic mass is 10.2. The Morgan fingerprint density at radius 1 is 1.29 bits per heavy atom. The van der Waals surface area contributed by atoms with E-state index in [2.05, 4.69) is 4.90 Å². The molecule has 0 radical (unpaired) electrons. The van der Waals surface area contributed by atoms with Gasteiger partial charge in [0.1, 0.15) is 11.5 Å². The van der Waals surface area contributed by atoms with Crippen molar-refractivity contribution in [3.8, 4) is 11.5 Å². The number of benzene rings is 1. The molecule has 0 bridgehead atoms. The highest BCUT2D eigenvalue weighted by atomic mass is 16.5. The van der Waals surface area contributed by atoms with Crippen molar-refractivity contribution in [3.63, 3.8) is 0 Å². The van der Waals surface area contributed by atoms with Crippen LogP contribution in [0.25, 0.3) is 0 Å². The van der Waals surface area contributed by atoms with Gasteiger partial charge >= 0.3 is 0 Å². The van der Waals surface area contributed by atoms with Crippen LogP contribution >= 0.6 is 0 Å². The second-order valence-corrected chi connectivity index (χ2v) is 4.14. The average Bonchev–Trinajstić information content (AvgIpc) is 2.34. The molecule has 96 valence electrons. The van der Waals surface area contributed by atoms with E-state index < -0.39 is 0 Å². The van der Waals surface area contributed by atoms with E-state index in [-0.39, 0.29) is 6.61 Å². The summed E-state index contributed by atoms with van der Waals surface area (Å²) in [6, 6.07) is 5.46. The molecule has 4 heteroatoms. The van der Waals surface area contributed by atoms with Crippen LogP contribution in [0.1, 0.15) is 12.0 Å². The van der Waals surface area contributed by atoms with Crippen LogP contribution in [0.4, 0.5) is 0 Å². The van der Waals surface area contributed by atoms with Crippen molar-refractivity contribution in [1.82, 2.24) is 4.90 Å². The zero-order valence-corrected chi connectivity index (χ0v) is 10.8. The Balaban J connectivity index is 2.52. The first kappa shape index (κ1) is 13.8. The minimum absolute atomic E-state index is 0.0415. The maximum Gasteiger partial charge on any atom is 0.125 e. The summed E-state index contributed by atoms with van der Waals surface area (Å²) in [5, 5.41) is 9.24. The van der Waals surface area contributed by atoms with Crippen molar-refractivity contribution in [3.05, 3.63) is 23.8 Å². The number of methoxy groups -OCH3 is 1. The highest BCUT2D eigenvalue weighted by Crippen LogP contribution is 2.24. The molecule has 0 aliphatic carbocycles. The average molecular weight is 239 g/mol. The maximum atomic E-state index is 9.24. The Hall–Kier alpha value is -1.26. The Morgan fingerprint density at radius 3 is 2.65 bits per heavy atom. The first-order chi connectivity index (χ1) is 8.17. The van der Waals surface area contributed by atoms with E-state index in [0.717, 1.165) is 30.0 Å². The molecule has 4 nitrogen and oxygen atoms in total. The summed E-state index contributed by atoms with van der Waals surface area (Å²) in [4.78, 5) is 2.12. The fourth-order valence-electron chi connectivity index (χ4n) is 1.51. The molecule has 17 heavy (non-hydrogen) atoms. The maximum absolute atomic E-state index is 9.24. The third-order valence-corrected chi connectivity index (χ3v) is 2.45. The lowest BCUT2D eigenvalue weighted by Gasteiger charge is -2.13. The molecule has 0 amide bonds. The molecule has 0 aliphatic rings. The number of ether oxygens (including phenoxy) is 2. The van der Waals surface area contributed by atoms with Crippen LogP contribution in [-0.4, -0.2) is 44.4 Å². The molecule has 1 rings (SSSR count). The van der Waals surface area contributed by atoms with E-state index in [9.17, 15) is 5.11 Å². The normalized spacial score (nSPS) is 10.6. The smallest absolute Gasteiger partial charge is 0.125 e. The number of nitrogens with zero attached hydrogens (tertiary/aromatic N) is 1. The van der Waals surface area contributed by atoms with Gasteiger partial charge in [0.25, 0.3) is 0 Å².